The Hall–Kier alpha value is -9.87. The van der Waals surface area contributed by atoms with Crippen molar-refractivity contribution in [1.29, 1.82) is 10.5 Å². The summed E-state index contributed by atoms with van der Waals surface area (Å²) in [7, 11) is 0. The van der Waals surface area contributed by atoms with Crippen LogP contribution in [-0.2, 0) is 0 Å². The lowest BCUT2D eigenvalue weighted by molar-refractivity contribution is 1.18. The van der Waals surface area contributed by atoms with E-state index in [9.17, 15) is 10.5 Å². The van der Waals surface area contributed by atoms with Crippen LogP contribution in [0.1, 0.15) is 11.1 Å². The molecule has 0 amide bonds. The fraction of sp³-hybridized carbons (Fsp3) is 0. The standard InChI is InChI=1S/C61H37N7/c1-64-58-36-48(43-24-26-46(27-25-43)57-38-56(45-20-16-41(39-62)17-21-45)65-61(66-57)47-22-18-42(40-63)19-23-47)30-34-53(58)44-28-31-51(32-29-44)68-59-15-9-8-14-54(59)55-37-52(33-35-60(55)68)67(49-10-4-2-5-11-49)50-12-6-3-7-13-50/h2-38H. The molecule has 7 nitrogen and oxygen atoms in total. The highest BCUT2D eigenvalue weighted by molar-refractivity contribution is 6.10. The van der Waals surface area contributed by atoms with Crippen molar-refractivity contribution in [2.75, 3.05) is 4.90 Å². The number of aromatic nitrogens is 3. The van der Waals surface area contributed by atoms with Crippen LogP contribution in [0, 0.1) is 29.2 Å². The molecule has 0 saturated carbocycles. The van der Waals surface area contributed by atoms with E-state index in [1.54, 1.807) is 24.3 Å². The van der Waals surface area contributed by atoms with Crippen LogP contribution in [0.4, 0.5) is 22.7 Å². The fourth-order valence-electron chi connectivity index (χ4n) is 8.93. The minimum absolute atomic E-state index is 0.527. The van der Waals surface area contributed by atoms with Gasteiger partial charge < -0.3 is 9.47 Å². The molecule has 2 heterocycles. The van der Waals surface area contributed by atoms with Gasteiger partial charge in [0.1, 0.15) is 0 Å². The SMILES string of the molecule is [C-]#[N+]c1cc(-c2ccc(-c3cc(-c4ccc(C#N)cc4)nc(-c4ccc(C#N)cc4)n3)cc2)ccc1-c1ccc(-n2c3ccccc3c3cc(N(c4ccccc4)c4ccccc4)ccc32)cc1. The molecule has 2 aromatic heterocycles. The Bertz CT molecular complexity index is 3670. The van der Waals surface area contributed by atoms with Gasteiger partial charge in [-0.1, -0.05) is 115 Å². The molecule has 11 aromatic rings. The van der Waals surface area contributed by atoms with Crippen molar-refractivity contribution >= 4 is 44.6 Å². The summed E-state index contributed by atoms with van der Waals surface area (Å²) in [5.41, 5.74) is 15.9. The smallest absolute Gasteiger partial charge is 0.195 e. The molecule has 316 valence electrons. The van der Waals surface area contributed by atoms with Crippen LogP contribution in [0.15, 0.2) is 224 Å². The zero-order valence-corrected chi connectivity index (χ0v) is 36.5. The summed E-state index contributed by atoms with van der Waals surface area (Å²) in [5.74, 6) is 0.527. The van der Waals surface area contributed by atoms with Crippen LogP contribution < -0.4 is 4.90 Å². The summed E-state index contributed by atoms with van der Waals surface area (Å²) in [4.78, 5) is 16.1. The lowest BCUT2D eigenvalue weighted by atomic mass is 9.97. The van der Waals surface area contributed by atoms with E-state index < -0.39 is 0 Å². The van der Waals surface area contributed by atoms with Crippen molar-refractivity contribution in [3.8, 4) is 74.0 Å². The van der Waals surface area contributed by atoms with Crippen molar-refractivity contribution in [1.82, 2.24) is 14.5 Å². The molecule has 0 aliphatic heterocycles. The highest BCUT2D eigenvalue weighted by atomic mass is 15.1. The van der Waals surface area contributed by atoms with Crippen molar-refractivity contribution in [2.45, 2.75) is 0 Å². The van der Waals surface area contributed by atoms with E-state index in [4.69, 9.17) is 16.5 Å². The second-order valence-corrected chi connectivity index (χ2v) is 16.4. The second kappa shape index (κ2) is 17.6. The molecule has 0 fully saturated rings. The Balaban J connectivity index is 0.896. The van der Waals surface area contributed by atoms with Crippen LogP contribution in [-0.4, -0.2) is 14.5 Å². The van der Waals surface area contributed by atoms with E-state index in [-0.39, 0.29) is 0 Å². The number of hydrogen-bond acceptors (Lipinski definition) is 5. The summed E-state index contributed by atoms with van der Waals surface area (Å²) in [6.07, 6.45) is 0. The quantitative estimate of drug-likeness (QED) is 0.135. The van der Waals surface area contributed by atoms with E-state index in [0.29, 0.717) is 28.3 Å². The van der Waals surface area contributed by atoms with Crippen LogP contribution in [0.25, 0.3) is 88.5 Å². The van der Waals surface area contributed by atoms with E-state index in [0.717, 1.165) is 83.8 Å². The van der Waals surface area contributed by atoms with Gasteiger partial charge in [0.05, 0.1) is 52.3 Å². The topological polar surface area (TPSA) is 85.9 Å². The zero-order valence-electron chi connectivity index (χ0n) is 36.5. The number of rotatable bonds is 9. The highest BCUT2D eigenvalue weighted by Gasteiger charge is 2.18. The van der Waals surface area contributed by atoms with Gasteiger partial charge in [-0.3, -0.25) is 0 Å². The predicted molar refractivity (Wildman–Crippen MR) is 274 cm³/mol. The summed E-state index contributed by atoms with van der Waals surface area (Å²) >= 11 is 0. The van der Waals surface area contributed by atoms with Gasteiger partial charge in [0.2, 0.25) is 0 Å². The van der Waals surface area contributed by atoms with Gasteiger partial charge >= 0.3 is 0 Å². The first-order valence-electron chi connectivity index (χ1n) is 22.1. The van der Waals surface area contributed by atoms with E-state index in [1.165, 1.54) is 5.39 Å². The Morgan fingerprint density at radius 3 is 1.54 bits per heavy atom. The Morgan fingerprint density at radius 2 is 0.941 bits per heavy atom. The van der Waals surface area contributed by atoms with Crippen molar-refractivity contribution < 1.29 is 0 Å². The largest absolute Gasteiger partial charge is 0.310 e. The molecule has 0 unspecified atom stereocenters. The number of benzene rings is 9. The molecule has 0 aliphatic rings. The van der Waals surface area contributed by atoms with Gasteiger partial charge in [0.25, 0.3) is 0 Å². The molecule has 0 radical (unpaired) electrons. The number of fused-ring (bicyclic) bond motifs is 3. The molecule has 0 atom stereocenters. The summed E-state index contributed by atoms with van der Waals surface area (Å²) in [6, 6.07) is 79.8. The number of anilines is 3. The molecule has 0 saturated heterocycles. The number of nitrogens with zero attached hydrogens (tertiary/aromatic N) is 7. The maximum Gasteiger partial charge on any atom is 0.195 e. The average Bonchev–Trinajstić information content (AvgIpc) is 3.75. The lowest BCUT2D eigenvalue weighted by Crippen LogP contribution is -2.09. The third-order valence-corrected chi connectivity index (χ3v) is 12.3. The Kier molecular flexibility index (Phi) is 10.6. The summed E-state index contributed by atoms with van der Waals surface area (Å²) < 4.78 is 2.32. The predicted octanol–water partition coefficient (Wildman–Crippen LogP) is 15.7. The third kappa shape index (κ3) is 7.67. The molecule has 9 aromatic carbocycles. The molecule has 11 rings (SSSR count). The van der Waals surface area contributed by atoms with Crippen molar-refractivity contribution in [2.24, 2.45) is 0 Å². The summed E-state index contributed by atoms with van der Waals surface area (Å²) in [5, 5.41) is 21.1. The van der Waals surface area contributed by atoms with Crippen molar-refractivity contribution in [3.05, 3.63) is 247 Å². The van der Waals surface area contributed by atoms with E-state index in [2.05, 4.69) is 148 Å². The van der Waals surface area contributed by atoms with Crippen LogP contribution in [0.2, 0.25) is 0 Å². The van der Waals surface area contributed by atoms with Gasteiger partial charge in [0.15, 0.2) is 11.5 Å². The summed E-state index contributed by atoms with van der Waals surface area (Å²) in [6.45, 7) is 8.23. The molecule has 0 aliphatic carbocycles. The minimum Gasteiger partial charge on any atom is -0.310 e. The van der Waals surface area contributed by atoms with Gasteiger partial charge in [-0.25, -0.2) is 14.8 Å². The van der Waals surface area contributed by atoms with E-state index in [1.807, 2.05) is 78.9 Å². The highest BCUT2D eigenvalue weighted by Crippen LogP contribution is 2.41. The van der Waals surface area contributed by atoms with E-state index >= 15 is 0 Å². The first-order chi connectivity index (χ1) is 33.5. The Morgan fingerprint density at radius 1 is 0.426 bits per heavy atom. The Labute approximate surface area is 393 Å². The maximum absolute atomic E-state index is 9.37. The van der Waals surface area contributed by atoms with Gasteiger partial charge in [0, 0.05) is 50.2 Å². The van der Waals surface area contributed by atoms with Gasteiger partial charge in [-0.05, 0) is 131 Å². The number of nitriles is 2. The average molecular weight is 868 g/mol. The van der Waals surface area contributed by atoms with Crippen molar-refractivity contribution in [3.63, 3.8) is 0 Å². The minimum atomic E-state index is 0.527. The fourth-order valence-corrected chi connectivity index (χ4v) is 8.93. The van der Waals surface area contributed by atoms with Gasteiger partial charge in [-0.2, -0.15) is 10.5 Å². The number of hydrogen-bond donors (Lipinski definition) is 0. The van der Waals surface area contributed by atoms with Crippen LogP contribution >= 0.6 is 0 Å². The number of para-hydroxylation sites is 3. The van der Waals surface area contributed by atoms with Gasteiger partial charge in [-0.15, -0.1) is 0 Å². The first kappa shape index (κ1) is 40.9. The molecule has 0 N–H and O–H groups in total. The first-order valence-corrected chi connectivity index (χ1v) is 22.1. The zero-order chi connectivity index (χ0) is 46.0. The lowest BCUT2D eigenvalue weighted by Gasteiger charge is -2.25. The molecule has 0 bridgehead atoms. The second-order valence-electron chi connectivity index (χ2n) is 16.4. The van der Waals surface area contributed by atoms with Crippen LogP contribution in [0.5, 0.6) is 0 Å². The normalized spacial score (nSPS) is 10.9. The molecule has 7 heteroatoms. The molecular weight excluding hydrogens is 831 g/mol. The third-order valence-electron chi connectivity index (χ3n) is 12.3. The monoisotopic (exact) mass is 867 g/mol. The van der Waals surface area contributed by atoms with Crippen LogP contribution in [0.3, 0.4) is 0 Å². The molecular formula is C61H37N7. The maximum atomic E-state index is 9.37. The molecule has 0 spiro atoms. The molecule has 68 heavy (non-hydrogen) atoms.